The smallest absolute Gasteiger partial charge is 0.108 e. The fourth-order valence-corrected chi connectivity index (χ4v) is 7.05. The zero-order valence-electron chi connectivity index (χ0n) is 26.6. The number of allylic oxidation sites excluding steroid dienone is 4. The maximum atomic E-state index is 8.98. The molecule has 0 amide bonds. The molecule has 0 unspecified atom stereocenters. The molecule has 0 atom stereocenters. The van der Waals surface area contributed by atoms with Crippen LogP contribution in [0.1, 0.15) is 5.56 Å². The Morgan fingerprint density at radius 2 is 1.14 bits per heavy atom. The van der Waals surface area contributed by atoms with Crippen molar-refractivity contribution in [1.82, 2.24) is 4.98 Å². The first kappa shape index (κ1) is 28.6. The molecule has 0 spiro atoms. The van der Waals surface area contributed by atoms with Gasteiger partial charge in [-0.3, -0.25) is 15.8 Å². The highest BCUT2D eigenvalue weighted by Gasteiger charge is 2.20. The van der Waals surface area contributed by atoms with Crippen molar-refractivity contribution in [3.05, 3.63) is 176 Å². The van der Waals surface area contributed by atoms with E-state index < -0.39 is 0 Å². The molecule has 230 valence electrons. The summed E-state index contributed by atoms with van der Waals surface area (Å²) in [6.07, 6.45) is 7.86. The fourth-order valence-electron chi connectivity index (χ4n) is 7.05. The largest absolute Gasteiger partial charge is 0.299 e. The Morgan fingerprint density at radius 1 is 0.531 bits per heavy atom. The van der Waals surface area contributed by atoms with Gasteiger partial charge in [-0.2, -0.15) is 5.10 Å². The number of benzene rings is 7. The summed E-state index contributed by atoms with van der Waals surface area (Å²) in [7, 11) is 0. The van der Waals surface area contributed by atoms with Gasteiger partial charge in [-0.25, -0.2) is 0 Å². The topological polar surface area (TPSA) is 61.1 Å². The molecule has 49 heavy (non-hydrogen) atoms. The minimum atomic E-state index is 0.357. The second-order valence-electron chi connectivity index (χ2n) is 12.3. The summed E-state index contributed by atoms with van der Waals surface area (Å²) >= 11 is 0. The molecule has 0 bridgehead atoms. The number of anilines is 1. The van der Waals surface area contributed by atoms with Gasteiger partial charge in [-0.1, -0.05) is 127 Å². The highest BCUT2D eigenvalue weighted by Crippen LogP contribution is 2.44. The lowest BCUT2D eigenvalue weighted by Crippen LogP contribution is -2.13. The summed E-state index contributed by atoms with van der Waals surface area (Å²) in [5, 5.41) is 21.9. The Balaban J connectivity index is 1.05. The molecule has 1 aromatic heterocycles. The number of nitrogens with zero attached hydrogens (tertiary/aromatic N) is 2. The summed E-state index contributed by atoms with van der Waals surface area (Å²) in [5.74, 6) is 0. The van der Waals surface area contributed by atoms with Crippen LogP contribution in [-0.2, 0) is 0 Å². The van der Waals surface area contributed by atoms with Crippen molar-refractivity contribution in [2.24, 2.45) is 5.10 Å². The third-order valence-electron chi connectivity index (χ3n) is 9.39. The Morgan fingerprint density at radius 3 is 1.86 bits per heavy atom. The molecular formula is C45H30N4. The number of hydrogen-bond donors (Lipinski definition) is 2. The number of pyridine rings is 1. The van der Waals surface area contributed by atoms with Crippen molar-refractivity contribution in [3.63, 3.8) is 0 Å². The average molecular weight is 627 g/mol. The van der Waals surface area contributed by atoms with Crippen LogP contribution < -0.4 is 5.43 Å². The van der Waals surface area contributed by atoms with Crippen LogP contribution in [0.5, 0.6) is 0 Å². The Hall–Kier alpha value is -6.65. The van der Waals surface area contributed by atoms with Crippen LogP contribution in [0.15, 0.2) is 175 Å². The number of para-hydroxylation sites is 1. The number of rotatable bonds is 5. The third kappa shape index (κ3) is 5.07. The number of hydrazone groups is 1. The van der Waals surface area contributed by atoms with Gasteiger partial charge >= 0.3 is 0 Å². The minimum absolute atomic E-state index is 0.357. The zero-order chi connectivity index (χ0) is 32.7. The number of fused-ring (bicyclic) bond motifs is 4. The first-order valence-electron chi connectivity index (χ1n) is 16.4. The molecule has 0 fully saturated rings. The molecule has 2 N–H and O–H groups in total. The van der Waals surface area contributed by atoms with Gasteiger partial charge < -0.3 is 0 Å². The van der Waals surface area contributed by atoms with E-state index in [0.717, 1.165) is 49.6 Å². The van der Waals surface area contributed by atoms with E-state index in [9.17, 15) is 0 Å². The molecule has 8 aromatic rings. The van der Waals surface area contributed by atoms with Crippen LogP contribution in [0.2, 0.25) is 0 Å². The van der Waals surface area contributed by atoms with E-state index in [4.69, 9.17) is 5.41 Å². The van der Waals surface area contributed by atoms with Crippen molar-refractivity contribution >= 4 is 65.9 Å². The van der Waals surface area contributed by atoms with Crippen LogP contribution in [0.4, 0.5) is 5.69 Å². The van der Waals surface area contributed by atoms with Gasteiger partial charge in [0.2, 0.25) is 0 Å². The summed E-state index contributed by atoms with van der Waals surface area (Å²) in [6, 6.07) is 50.8. The highest BCUT2D eigenvalue weighted by atomic mass is 15.3. The van der Waals surface area contributed by atoms with Gasteiger partial charge in [0.25, 0.3) is 0 Å². The molecule has 4 heteroatoms. The molecular weight excluding hydrogens is 597 g/mol. The van der Waals surface area contributed by atoms with E-state index in [1.165, 1.54) is 32.7 Å². The predicted molar refractivity (Wildman–Crippen MR) is 207 cm³/mol. The number of nitrogens with one attached hydrogen (secondary N) is 2. The van der Waals surface area contributed by atoms with Gasteiger partial charge in [0.05, 0.1) is 16.9 Å². The first-order chi connectivity index (χ1) is 24.2. The minimum Gasteiger partial charge on any atom is -0.299 e. The third-order valence-corrected chi connectivity index (χ3v) is 9.39. The molecule has 1 heterocycles. The molecule has 1 aliphatic rings. The Labute approximate surface area is 283 Å². The van der Waals surface area contributed by atoms with E-state index in [2.05, 4.69) is 137 Å². The quantitative estimate of drug-likeness (QED) is 0.113. The molecule has 0 aliphatic heterocycles. The van der Waals surface area contributed by atoms with Gasteiger partial charge in [0.15, 0.2) is 0 Å². The molecule has 0 saturated carbocycles. The molecule has 1 aliphatic carbocycles. The lowest BCUT2D eigenvalue weighted by atomic mass is 9.83. The maximum absolute atomic E-state index is 8.98. The van der Waals surface area contributed by atoms with E-state index in [-0.39, 0.29) is 0 Å². The summed E-state index contributed by atoms with van der Waals surface area (Å²) in [5.41, 5.74) is 12.7. The monoisotopic (exact) mass is 626 g/mol. The normalized spacial score (nSPS) is 13.8. The van der Waals surface area contributed by atoms with Gasteiger partial charge in [-0.15, -0.1) is 0 Å². The fraction of sp³-hybridized carbons (Fsp3) is 0. The predicted octanol–water partition coefficient (Wildman–Crippen LogP) is 11.5. The lowest BCUT2D eigenvalue weighted by Gasteiger charge is -2.20. The van der Waals surface area contributed by atoms with Crippen LogP contribution in [0.3, 0.4) is 0 Å². The maximum Gasteiger partial charge on any atom is 0.108 e. The SMILES string of the molecule is N=C1C=C(c2c3ccccc3c(-c3cccc4ccccc34)c3ccccc23)C=C/C1=N/Nc1ccc(-c2cnc3ccccc3c2)cc1. The van der Waals surface area contributed by atoms with Crippen molar-refractivity contribution in [2.45, 2.75) is 0 Å². The van der Waals surface area contributed by atoms with E-state index in [1.807, 2.05) is 48.7 Å². The average Bonchev–Trinajstić information content (AvgIpc) is 3.16. The van der Waals surface area contributed by atoms with E-state index in [1.54, 1.807) is 0 Å². The van der Waals surface area contributed by atoms with Crippen molar-refractivity contribution in [3.8, 4) is 22.3 Å². The lowest BCUT2D eigenvalue weighted by molar-refractivity contribution is 1.34. The van der Waals surface area contributed by atoms with Crippen LogP contribution >= 0.6 is 0 Å². The first-order valence-corrected chi connectivity index (χ1v) is 16.4. The standard InChI is InChI=1S/C45H30N4/c46-41-27-32(22-25-43(41)49-48-34-23-20-29(21-24-34)33-26-31-11-2-8-19-42(31)47-28-33)44-37-14-4-6-16-39(37)45(40-17-7-5-15-38(40)44)36-18-9-12-30-10-1-3-13-35(30)36/h1-28,46,48H/b46-41?,49-43-. The number of hydrogen-bond acceptors (Lipinski definition) is 4. The summed E-state index contributed by atoms with van der Waals surface area (Å²) in [6.45, 7) is 0. The van der Waals surface area contributed by atoms with Crippen LogP contribution in [0.25, 0.3) is 71.0 Å². The van der Waals surface area contributed by atoms with Crippen LogP contribution in [-0.4, -0.2) is 16.4 Å². The molecule has 9 rings (SSSR count). The second-order valence-corrected chi connectivity index (χ2v) is 12.3. The van der Waals surface area contributed by atoms with Crippen molar-refractivity contribution < 1.29 is 0 Å². The van der Waals surface area contributed by atoms with Crippen LogP contribution in [0, 0.1) is 5.41 Å². The molecule has 4 nitrogen and oxygen atoms in total. The van der Waals surface area contributed by atoms with Crippen molar-refractivity contribution in [1.29, 1.82) is 5.41 Å². The van der Waals surface area contributed by atoms with Gasteiger partial charge in [0.1, 0.15) is 5.71 Å². The molecule has 7 aromatic carbocycles. The number of aromatic nitrogens is 1. The van der Waals surface area contributed by atoms with E-state index in [0.29, 0.717) is 11.4 Å². The summed E-state index contributed by atoms with van der Waals surface area (Å²) in [4.78, 5) is 4.60. The second kappa shape index (κ2) is 11.9. The Kier molecular flexibility index (Phi) is 6.91. The zero-order valence-corrected chi connectivity index (χ0v) is 26.6. The van der Waals surface area contributed by atoms with Crippen molar-refractivity contribution in [2.75, 3.05) is 5.43 Å². The molecule has 0 radical (unpaired) electrons. The van der Waals surface area contributed by atoms with Gasteiger partial charge in [-0.05, 0) is 96.6 Å². The van der Waals surface area contributed by atoms with E-state index >= 15 is 0 Å². The highest BCUT2D eigenvalue weighted by molar-refractivity contribution is 6.52. The summed E-state index contributed by atoms with van der Waals surface area (Å²) < 4.78 is 0. The Bertz CT molecular complexity index is 2640. The van der Waals surface area contributed by atoms with Gasteiger partial charge in [0, 0.05) is 17.1 Å². The molecule has 0 saturated heterocycles.